The highest BCUT2D eigenvalue weighted by Crippen LogP contribution is 2.27. The number of hydrogen-bond acceptors (Lipinski definition) is 6. The highest BCUT2D eigenvalue weighted by Gasteiger charge is 2.13. The molecule has 1 aromatic heterocycles. The molecule has 7 nitrogen and oxygen atoms in total. The number of hydrogen-bond donors (Lipinski definition) is 1. The predicted molar refractivity (Wildman–Crippen MR) is 106 cm³/mol. The van der Waals surface area contributed by atoms with Gasteiger partial charge in [0.2, 0.25) is 0 Å². The summed E-state index contributed by atoms with van der Waals surface area (Å²) in [6.07, 6.45) is 2.17. The van der Waals surface area contributed by atoms with Crippen molar-refractivity contribution in [1.82, 2.24) is 15.3 Å². The van der Waals surface area contributed by atoms with Gasteiger partial charge in [-0.05, 0) is 31.0 Å². The maximum Gasteiger partial charge on any atom is 0.270 e. The number of amides is 1. The molecule has 2 rings (SSSR count). The number of methoxy groups -OCH3 is 2. The number of ether oxygens (including phenoxy) is 2. The topological polar surface area (TPSA) is 76.6 Å². The van der Waals surface area contributed by atoms with Crippen molar-refractivity contribution in [2.24, 2.45) is 0 Å². The average molecular weight is 372 g/mol. The van der Waals surface area contributed by atoms with Crippen LogP contribution >= 0.6 is 0 Å². The Hall–Kier alpha value is -2.83. The molecule has 2 aromatic rings. The number of carbonyl (C=O) groups is 1. The van der Waals surface area contributed by atoms with Gasteiger partial charge in [-0.25, -0.2) is 9.97 Å². The minimum absolute atomic E-state index is 0.236. The molecule has 1 heterocycles. The zero-order valence-corrected chi connectivity index (χ0v) is 16.7. The van der Waals surface area contributed by atoms with Crippen LogP contribution in [0.5, 0.6) is 11.5 Å². The molecule has 1 aromatic carbocycles. The third-order valence-corrected chi connectivity index (χ3v) is 4.20. The molecule has 0 unspecified atom stereocenters. The second kappa shape index (κ2) is 9.75. The standard InChI is InChI=1S/C20H28N4O3/c1-6-7-10-24(3)19-12-16(22-14(2)23-19)20(25)21-13-15-8-9-17(26-4)18(11-15)27-5/h8-9,11-12H,6-7,10,13H2,1-5H3,(H,21,25). The van der Waals surface area contributed by atoms with E-state index in [0.29, 0.717) is 29.6 Å². The Bertz CT molecular complexity index is 780. The van der Waals surface area contributed by atoms with Gasteiger partial charge < -0.3 is 19.7 Å². The van der Waals surface area contributed by atoms with Crippen LogP contribution in [0.15, 0.2) is 24.3 Å². The van der Waals surface area contributed by atoms with Gasteiger partial charge in [0.1, 0.15) is 17.3 Å². The van der Waals surface area contributed by atoms with Crippen molar-refractivity contribution in [3.8, 4) is 11.5 Å². The lowest BCUT2D eigenvalue weighted by atomic mass is 10.2. The predicted octanol–water partition coefficient (Wildman–Crippen LogP) is 2.97. The zero-order chi connectivity index (χ0) is 19.8. The Morgan fingerprint density at radius 2 is 1.89 bits per heavy atom. The van der Waals surface area contributed by atoms with E-state index in [4.69, 9.17) is 9.47 Å². The smallest absolute Gasteiger partial charge is 0.270 e. The quantitative estimate of drug-likeness (QED) is 0.729. The molecular weight excluding hydrogens is 344 g/mol. The molecule has 0 saturated carbocycles. The Labute approximate surface area is 160 Å². The molecule has 0 spiro atoms. The van der Waals surface area contributed by atoms with Gasteiger partial charge in [0.15, 0.2) is 11.5 Å². The fraction of sp³-hybridized carbons (Fsp3) is 0.450. The molecule has 0 fully saturated rings. The Morgan fingerprint density at radius 1 is 1.15 bits per heavy atom. The molecule has 0 aliphatic rings. The largest absolute Gasteiger partial charge is 0.493 e. The first-order chi connectivity index (χ1) is 13.0. The van der Waals surface area contributed by atoms with Crippen LogP contribution in [0.25, 0.3) is 0 Å². The molecule has 7 heteroatoms. The van der Waals surface area contributed by atoms with Crippen LogP contribution in [0, 0.1) is 6.92 Å². The molecule has 0 aliphatic carbocycles. The average Bonchev–Trinajstić information content (AvgIpc) is 2.69. The summed E-state index contributed by atoms with van der Waals surface area (Å²) in [5.74, 6) is 2.38. The third-order valence-electron chi connectivity index (χ3n) is 4.20. The number of carbonyl (C=O) groups excluding carboxylic acids is 1. The maximum absolute atomic E-state index is 12.6. The molecule has 0 atom stereocenters. The lowest BCUT2D eigenvalue weighted by molar-refractivity contribution is 0.0945. The summed E-state index contributed by atoms with van der Waals surface area (Å²) in [7, 11) is 5.15. The maximum atomic E-state index is 12.6. The van der Waals surface area contributed by atoms with E-state index >= 15 is 0 Å². The Balaban J connectivity index is 2.08. The fourth-order valence-corrected chi connectivity index (χ4v) is 2.64. The van der Waals surface area contributed by atoms with Crippen molar-refractivity contribution in [1.29, 1.82) is 0 Å². The van der Waals surface area contributed by atoms with Crippen molar-refractivity contribution in [3.05, 3.63) is 41.3 Å². The first kappa shape index (κ1) is 20.5. The van der Waals surface area contributed by atoms with Gasteiger partial charge in [-0.3, -0.25) is 4.79 Å². The van der Waals surface area contributed by atoms with E-state index in [-0.39, 0.29) is 5.91 Å². The first-order valence-electron chi connectivity index (χ1n) is 9.04. The van der Waals surface area contributed by atoms with Gasteiger partial charge in [0.25, 0.3) is 5.91 Å². The number of aryl methyl sites for hydroxylation is 1. The van der Waals surface area contributed by atoms with Crippen molar-refractivity contribution in [3.63, 3.8) is 0 Å². The number of rotatable bonds is 9. The monoisotopic (exact) mass is 372 g/mol. The second-order valence-corrected chi connectivity index (χ2v) is 6.31. The van der Waals surface area contributed by atoms with Crippen molar-refractivity contribution in [2.45, 2.75) is 33.2 Å². The van der Waals surface area contributed by atoms with Crippen molar-refractivity contribution < 1.29 is 14.3 Å². The van der Waals surface area contributed by atoms with E-state index < -0.39 is 0 Å². The number of benzene rings is 1. The molecule has 1 amide bonds. The third kappa shape index (κ3) is 5.57. The first-order valence-corrected chi connectivity index (χ1v) is 9.04. The van der Waals surface area contributed by atoms with E-state index in [1.807, 2.05) is 30.1 Å². The summed E-state index contributed by atoms with van der Waals surface area (Å²) in [5.41, 5.74) is 1.27. The second-order valence-electron chi connectivity index (χ2n) is 6.31. The van der Waals surface area contributed by atoms with Gasteiger partial charge in [0.05, 0.1) is 14.2 Å². The van der Waals surface area contributed by atoms with Crippen LogP contribution < -0.4 is 19.7 Å². The van der Waals surface area contributed by atoms with Crippen LogP contribution in [-0.2, 0) is 6.54 Å². The molecule has 0 saturated heterocycles. The Morgan fingerprint density at radius 3 is 2.56 bits per heavy atom. The van der Waals surface area contributed by atoms with Crippen LogP contribution in [0.4, 0.5) is 5.82 Å². The number of anilines is 1. The number of nitrogens with zero attached hydrogens (tertiary/aromatic N) is 3. The Kier molecular flexibility index (Phi) is 7.40. The minimum atomic E-state index is -0.236. The molecule has 27 heavy (non-hydrogen) atoms. The highest BCUT2D eigenvalue weighted by molar-refractivity contribution is 5.92. The fourth-order valence-electron chi connectivity index (χ4n) is 2.64. The van der Waals surface area contributed by atoms with Gasteiger partial charge >= 0.3 is 0 Å². The summed E-state index contributed by atoms with van der Waals surface area (Å²) in [4.78, 5) is 23.3. The molecule has 0 aliphatic heterocycles. The minimum Gasteiger partial charge on any atom is -0.493 e. The molecule has 1 N–H and O–H groups in total. The summed E-state index contributed by atoms with van der Waals surface area (Å²) in [6, 6.07) is 7.27. The number of unbranched alkanes of at least 4 members (excludes halogenated alkanes) is 1. The van der Waals surface area contributed by atoms with Crippen molar-refractivity contribution >= 4 is 11.7 Å². The van der Waals surface area contributed by atoms with E-state index in [9.17, 15) is 4.79 Å². The zero-order valence-electron chi connectivity index (χ0n) is 16.7. The summed E-state index contributed by atoms with van der Waals surface area (Å²) < 4.78 is 10.5. The van der Waals surface area contributed by atoms with Gasteiger partial charge in [-0.1, -0.05) is 19.4 Å². The van der Waals surface area contributed by atoms with Gasteiger partial charge in [-0.15, -0.1) is 0 Å². The van der Waals surface area contributed by atoms with Crippen LogP contribution in [0.3, 0.4) is 0 Å². The lowest BCUT2D eigenvalue weighted by Crippen LogP contribution is -2.26. The van der Waals surface area contributed by atoms with E-state index in [2.05, 4.69) is 22.2 Å². The van der Waals surface area contributed by atoms with Gasteiger partial charge in [-0.2, -0.15) is 0 Å². The molecule has 0 radical (unpaired) electrons. The number of nitrogens with one attached hydrogen (secondary N) is 1. The SMILES string of the molecule is CCCCN(C)c1cc(C(=O)NCc2ccc(OC)c(OC)c2)nc(C)n1. The van der Waals surface area contributed by atoms with E-state index in [0.717, 1.165) is 30.8 Å². The van der Waals surface area contributed by atoms with E-state index in [1.165, 1.54) is 0 Å². The van der Waals surface area contributed by atoms with E-state index in [1.54, 1.807) is 27.2 Å². The summed E-state index contributed by atoms with van der Waals surface area (Å²) >= 11 is 0. The summed E-state index contributed by atoms with van der Waals surface area (Å²) in [5, 5.41) is 2.90. The summed E-state index contributed by atoms with van der Waals surface area (Å²) in [6.45, 7) is 5.19. The molecule has 0 bridgehead atoms. The normalized spacial score (nSPS) is 10.4. The van der Waals surface area contributed by atoms with Gasteiger partial charge in [0, 0.05) is 26.2 Å². The molecular formula is C20H28N4O3. The van der Waals surface area contributed by atoms with Crippen LogP contribution in [-0.4, -0.2) is 43.7 Å². The molecule has 146 valence electrons. The lowest BCUT2D eigenvalue weighted by Gasteiger charge is -2.18. The van der Waals surface area contributed by atoms with Crippen LogP contribution in [0.2, 0.25) is 0 Å². The van der Waals surface area contributed by atoms with Crippen LogP contribution in [0.1, 0.15) is 41.6 Å². The van der Waals surface area contributed by atoms with Crippen molar-refractivity contribution in [2.75, 3.05) is 32.7 Å². The highest BCUT2D eigenvalue weighted by atomic mass is 16.5. The number of aromatic nitrogens is 2.